The van der Waals surface area contributed by atoms with Crippen LogP contribution in [0.3, 0.4) is 0 Å². The number of rotatable bonds is 9. The molecule has 170 valence electrons. The first kappa shape index (κ1) is 22.6. The summed E-state index contributed by atoms with van der Waals surface area (Å²) in [5, 5.41) is 12.2. The first-order chi connectivity index (χ1) is 16.1. The third-order valence-corrected chi connectivity index (χ3v) is 6.23. The third kappa shape index (κ3) is 5.80. The highest BCUT2D eigenvalue weighted by atomic mass is 16.5. The maximum Gasteiger partial charge on any atom is 0.341 e. The van der Waals surface area contributed by atoms with Gasteiger partial charge in [0, 0.05) is 6.42 Å². The molecule has 3 aromatic carbocycles. The monoisotopic (exact) mass is 443 g/mol. The summed E-state index contributed by atoms with van der Waals surface area (Å²) in [7, 11) is 0. The Morgan fingerprint density at radius 1 is 0.939 bits per heavy atom. The van der Waals surface area contributed by atoms with Crippen molar-refractivity contribution in [1.29, 1.82) is 0 Å². The van der Waals surface area contributed by atoms with Crippen molar-refractivity contribution in [2.75, 3.05) is 6.61 Å². The summed E-state index contributed by atoms with van der Waals surface area (Å²) in [4.78, 5) is 23.9. The van der Waals surface area contributed by atoms with Gasteiger partial charge in [0.15, 0.2) is 6.61 Å². The number of hydrogen-bond donors (Lipinski definition) is 2. The van der Waals surface area contributed by atoms with E-state index in [1.165, 1.54) is 5.56 Å². The van der Waals surface area contributed by atoms with Crippen LogP contribution in [0, 0.1) is 0 Å². The average molecular weight is 444 g/mol. The number of nitrogens with one attached hydrogen (secondary N) is 1. The molecule has 1 aliphatic carbocycles. The Morgan fingerprint density at radius 2 is 1.61 bits per heavy atom. The summed E-state index contributed by atoms with van der Waals surface area (Å²) in [6.45, 7) is -0.343. The van der Waals surface area contributed by atoms with Gasteiger partial charge in [-0.15, -0.1) is 0 Å². The van der Waals surface area contributed by atoms with Crippen molar-refractivity contribution < 1.29 is 19.4 Å². The van der Waals surface area contributed by atoms with Gasteiger partial charge in [-0.1, -0.05) is 72.8 Å². The number of fused-ring (bicyclic) bond motifs is 1. The lowest BCUT2D eigenvalue weighted by atomic mass is 9.80. The van der Waals surface area contributed by atoms with E-state index in [2.05, 4.69) is 11.4 Å². The molecule has 1 aliphatic rings. The Balaban J connectivity index is 1.44. The van der Waals surface area contributed by atoms with Gasteiger partial charge in [0.1, 0.15) is 5.75 Å². The van der Waals surface area contributed by atoms with Crippen molar-refractivity contribution in [1.82, 2.24) is 5.32 Å². The lowest BCUT2D eigenvalue weighted by molar-refractivity contribution is -0.139. The van der Waals surface area contributed by atoms with Crippen molar-refractivity contribution in [3.05, 3.63) is 101 Å². The molecule has 1 atom stereocenters. The highest BCUT2D eigenvalue weighted by Gasteiger charge is 2.24. The molecule has 4 rings (SSSR count). The molecule has 0 heterocycles. The molecule has 33 heavy (non-hydrogen) atoms. The normalized spacial score (nSPS) is 15.0. The van der Waals surface area contributed by atoms with Gasteiger partial charge in [-0.05, 0) is 59.9 Å². The van der Waals surface area contributed by atoms with Crippen LogP contribution in [0.25, 0.3) is 0 Å². The summed E-state index contributed by atoms with van der Waals surface area (Å²) in [6.07, 6.45) is 4.07. The van der Waals surface area contributed by atoms with E-state index in [4.69, 9.17) is 9.84 Å². The topological polar surface area (TPSA) is 75.6 Å². The van der Waals surface area contributed by atoms with Crippen molar-refractivity contribution in [3.8, 4) is 5.75 Å². The Hall–Kier alpha value is -3.60. The van der Waals surface area contributed by atoms with Crippen molar-refractivity contribution in [3.63, 3.8) is 0 Å². The van der Waals surface area contributed by atoms with Gasteiger partial charge in [-0.2, -0.15) is 0 Å². The molecule has 0 saturated heterocycles. The van der Waals surface area contributed by atoms with Crippen LogP contribution in [0.4, 0.5) is 0 Å². The number of carboxylic acid groups (broad SMARTS) is 1. The number of carboxylic acids is 1. The average Bonchev–Trinajstić information content (AvgIpc) is 2.85. The Labute approximate surface area is 194 Å². The van der Waals surface area contributed by atoms with Crippen molar-refractivity contribution in [2.45, 2.75) is 44.1 Å². The molecule has 0 radical (unpaired) electrons. The predicted octanol–water partition coefficient (Wildman–Crippen LogP) is 5.26. The minimum Gasteiger partial charge on any atom is -0.482 e. The summed E-state index contributed by atoms with van der Waals surface area (Å²) in [5.74, 6) is -0.0434. The zero-order valence-electron chi connectivity index (χ0n) is 18.6. The number of amides is 1. The minimum atomic E-state index is -0.983. The molecule has 5 heteroatoms. The molecule has 0 fully saturated rings. The van der Waals surface area contributed by atoms with Gasteiger partial charge >= 0.3 is 5.97 Å². The first-order valence-corrected chi connectivity index (χ1v) is 11.5. The number of hydrogen-bond acceptors (Lipinski definition) is 3. The van der Waals surface area contributed by atoms with Crippen LogP contribution in [-0.2, 0) is 16.0 Å². The maximum absolute atomic E-state index is 13.0. The quantitative estimate of drug-likeness (QED) is 0.473. The smallest absolute Gasteiger partial charge is 0.341 e. The van der Waals surface area contributed by atoms with Crippen LogP contribution in [0.2, 0.25) is 0 Å². The molecule has 5 nitrogen and oxygen atoms in total. The number of carbonyl (C=O) groups is 2. The first-order valence-electron chi connectivity index (χ1n) is 11.5. The van der Waals surface area contributed by atoms with E-state index in [0.29, 0.717) is 12.2 Å². The van der Waals surface area contributed by atoms with Gasteiger partial charge in [0.05, 0.1) is 6.04 Å². The fourth-order valence-corrected chi connectivity index (χ4v) is 4.68. The second kappa shape index (κ2) is 10.8. The zero-order valence-corrected chi connectivity index (χ0v) is 18.6. The zero-order chi connectivity index (χ0) is 23.0. The number of carbonyl (C=O) groups excluding carboxylic acids is 1. The van der Waals surface area contributed by atoms with Gasteiger partial charge in [0.2, 0.25) is 5.91 Å². The molecular weight excluding hydrogens is 414 g/mol. The summed E-state index contributed by atoms with van der Waals surface area (Å²) in [6, 6.07) is 25.7. The van der Waals surface area contributed by atoms with E-state index in [1.54, 1.807) is 0 Å². The summed E-state index contributed by atoms with van der Waals surface area (Å²) < 4.78 is 5.51. The van der Waals surface area contributed by atoms with Crippen LogP contribution in [-0.4, -0.2) is 23.6 Å². The number of benzene rings is 3. The predicted molar refractivity (Wildman–Crippen MR) is 127 cm³/mol. The second-order valence-electron chi connectivity index (χ2n) is 8.46. The van der Waals surface area contributed by atoms with Crippen LogP contribution in [0.5, 0.6) is 5.75 Å². The molecular formula is C28H29NO4. The molecule has 2 N–H and O–H groups in total. The van der Waals surface area contributed by atoms with Crippen LogP contribution in [0.1, 0.15) is 59.9 Å². The maximum atomic E-state index is 13.0. The molecule has 0 bridgehead atoms. The Bertz CT molecular complexity index is 1040. The standard InChI is InChI=1S/C28H29NO4/c30-26(29-28(21-9-3-1-4-10-21)22-11-5-2-6-12-22)18-17-20-13-7-15-24-23(20)14-8-16-25(24)33-19-27(31)32/h1-6,8-12,14,16,20,28H,7,13,15,17-19H2,(H,29,30)(H,31,32). The molecule has 0 spiro atoms. The molecule has 0 aliphatic heterocycles. The minimum absolute atomic E-state index is 0.0260. The van der Waals surface area contributed by atoms with E-state index in [9.17, 15) is 9.59 Å². The Kier molecular flexibility index (Phi) is 7.40. The lowest BCUT2D eigenvalue weighted by Crippen LogP contribution is -2.29. The van der Waals surface area contributed by atoms with E-state index >= 15 is 0 Å². The molecule has 0 aromatic heterocycles. The molecule has 0 saturated carbocycles. The Morgan fingerprint density at radius 3 is 2.24 bits per heavy atom. The molecule has 1 amide bonds. The fourth-order valence-electron chi connectivity index (χ4n) is 4.68. The van der Waals surface area contributed by atoms with E-state index in [1.807, 2.05) is 72.8 Å². The summed E-state index contributed by atoms with van der Waals surface area (Å²) >= 11 is 0. The second-order valence-corrected chi connectivity index (χ2v) is 8.46. The van der Waals surface area contributed by atoms with Crippen molar-refractivity contribution >= 4 is 11.9 Å². The third-order valence-electron chi connectivity index (χ3n) is 6.23. The lowest BCUT2D eigenvalue weighted by Gasteiger charge is -2.27. The largest absolute Gasteiger partial charge is 0.482 e. The van der Waals surface area contributed by atoms with E-state index in [0.717, 1.165) is 42.4 Å². The summed E-state index contributed by atoms with van der Waals surface area (Å²) in [5.41, 5.74) is 4.38. The highest BCUT2D eigenvalue weighted by Crippen LogP contribution is 2.39. The number of aliphatic carboxylic acids is 1. The van der Waals surface area contributed by atoms with Gasteiger partial charge in [-0.25, -0.2) is 4.79 Å². The van der Waals surface area contributed by atoms with Gasteiger partial charge in [-0.3, -0.25) is 4.79 Å². The van der Waals surface area contributed by atoms with Gasteiger partial charge in [0.25, 0.3) is 0 Å². The van der Waals surface area contributed by atoms with Crippen LogP contribution < -0.4 is 10.1 Å². The van der Waals surface area contributed by atoms with Crippen LogP contribution in [0.15, 0.2) is 78.9 Å². The highest BCUT2D eigenvalue weighted by molar-refractivity contribution is 5.77. The molecule has 3 aromatic rings. The number of ether oxygens (including phenoxy) is 1. The van der Waals surface area contributed by atoms with Crippen LogP contribution >= 0.6 is 0 Å². The van der Waals surface area contributed by atoms with E-state index in [-0.39, 0.29) is 24.5 Å². The SMILES string of the molecule is O=C(O)COc1cccc2c1CCCC2CCC(=O)NC(c1ccccc1)c1ccccc1. The van der Waals surface area contributed by atoms with Gasteiger partial charge < -0.3 is 15.2 Å². The van der Waals surface area contributed by atoms with E-state index < -0.39 is 5.97 Å². The fraction of sp³-hybridized carbons (Fsp3) is 0.286. The van der Waals surface area contributed by atoms with Crippen molar-refractivity contribution in [2.24, 2.45) is 0 Å². The molecule has 1 unspecified atom stereocenters.